The smallest absolute Gasteiger partial charge is 0.260 e. The van der Waals surface area contributed by atoms with Gasteiger partial charge in [0.25, 0.3) is 5.91 Å². The molecule has 3 rings (SSSR count). The predicted octanol–water partition coefficient (Wildman–Crippen LogP) is 5.68. The van der Waals surface area contributed by atoms with Crippen molar-refractivity contribution >= 4 is 45.6 Å². The van der Waals surface area contributed by atoms with Gasteiger partial charge in [-0.2, -0.15) is 0 Å². The summed E-state index contributed by atoms with van der Waals surface area (Å²) in [5.74, 6) is -0.370. The van der Waals surface area contributed by atoms with Crippen molar-refractivity contribution in [3.8, 4) is 11.3 Å². The minimum Gasteiger partial charge on any atom is -0.298 e. The van der Waals surface area contributed by atoms with E-state index >= 15 is 0 Å². The Kier molecular flexibility index (Phi) is 4.66. The molecule has 0 saturated carbocycles. The van der Waals surface area contributed by atoms with Gasteiger partial charge in [-0.1, -0.05) is 59.1 Å². The summed E-state index contributed by atoms with van der Waals surface area (Å²) in [5, 5.41) is 5.76. The molecule has 23 heavy (non-hydrogen) atoms. The number of rotatable bonds is 3. The molecule has 0 saturated heterocycles. The average molecular weight is 363 g/mol. The van der Waals surface area contributed by atoms with Gasteiger partial charge in [0.2, 0.25) is 0 Å². The van der Waals surface area contributed by atoms with Crippen molar-refractivity contribution in [3.05, 3.63) is 69.0 Å². The molecule has 1 aromatic heterocycles. The summed E-state index contributed by atoms with van der Waals surface area (Å²) in [6.45, 7) is 2.03. The summed E-state index contributed by atoms with van der Waals surface area (Å²) in [7, 11) is 0. The monoisotopic (exact) mass is 362 g/mol. The van der Waals surface area contributed by atoms with E-state index in [9.17, 15) is 4.79 Å². The molecule has 0 aliphatic heterocycles. The maximum atomic E-state index is 12.3. The number of anilines is 1. The number of hydrogen-bond donors (Lipinski definition) is 1. The topological polar surface area (TPSA) is 42.0 Å². The van der Waals surface area contributed by atoms with Crippen LogP contribution in [0.5, 0.6) is 0 Å². The molecule has 0 spiro atoms. The molecule has 0 atom stereocenters. The van der Waals surface area contributed by atoms with E-state index in [1.165, 1.54) is 16.9 Å². The van der Waals surface area contributed by atoms with Gasteiger partial charge in [-0.3, -0.25) is 10.1 Å². The lowest BCUT2D eigenvalue weighted by Crippen LogP contribution is -2.12. The second-order valence-electron chi connectivity index (χ2n) is 4.95. The molecule has 0 bridgehead atoms. The van der Waals surface area contributed by atoms with Gasteiger partial charge in [-0.05, 0) is 19.1 Å². The number of nitrogens with one attached hydrogen (secondary N) is 1. The van der Waals surface area contributed by atoms with Crippen LogP contribution in [-0.4, -0.2) is 10.9 Å². The zero-order valence-electron chi connectivity index (χ0n) is 12.1. The summed E-state index contributed by atoms with van der Waals surface area (Å²) in [6.07, 6.45) is 0. The first-order valence-electron chi connectivity index (χ1n) is 6.82. The van der Waals surface area contributed by atoms with Crippen LogP contribution in [0, 0.1) is 6.92 Å². The van der Waals surface area contributed by atoms with E-state index in [4.69, 9.17) is 23.2 Å². The van der Waals surface area contributed by atoms with Gasteiger partial charge in [-0.25, -0.2) is 4.98 Å². The van der Waals surface area contributed by atoms with Gasteiger partial charge < -0.3 is 0 Å². The van der Waals surface area contributed by atoms with Crippen molar-refractivity contribution < 1.29 is 4.79 Å². The third-order valence-corrected chi connectivity index (χ3v) is 4.65. The molecule has 3 aromatic rings. The van der Waals surface area contributed by atoms with E-state index in [1.54, 1.807) is 18.2 Å². The van der Waals surface area contributed by atoms with E-state index < -0.39 is 0 Å². The fourth-order valence-electron chi connectivity index (χ4n) is 2.06. The van der Waals surface area contributed by atoms with Crippen molar-refractivity contribution in [2.75, 3.05) is 5.32 Å². The lowest BCUT2D eigenvalue weighted by molar-refractivity contribution is 0.102. The third kappa shape index (κ3) is 3.55. The molecular weight excluding hydrogens is 351 g/mol. The van der Waals surface area contributed by atoms with Crippen LogP contribution in [-0.2, 0) is 0 Å². The number of aromatic nitrogens is 1. The molecule has 0 aliphatic carbocycles. The number of aryl methyl sites for hydroxylation is 1. The number of carbonyl (C=O) groups is 1. The van der Waals surface area contributed by atoms with Crippen molar-refractivity contribution in [1.82, 2.24) is 4.98 Å². The summed E-state index contributed by atoms with van der Waals surface area (Å²) in [4.78, 5) is 16.8. The fraction of sp³-hybridized carbons (Fsp3) is 0.0588. The van der Waals surface area contributed by atoms with Crippen LogP contribution >= 0.6 is 34.5 Å². The van der Waals surface area contributed by atoms with Gasteiger partial charge in [0, 0.05) is 10.9 Å². The van der Waals surface area contributed by atoms with E-state index in [2.05, 4.69) is 10.3 Å². The van der Waals surface area contributed by atoms with Gasteiger partial charge in [-0.15, -0.1) is 11.3 Å². The number of thiazole rings is 1. The molecule has 0 aliphatic rings. The lowest BCUT2D eigenvalue weighted by atomic mass is 10.1. The molecule has 0 unspecified atom stereocenters. The predicted molar refractivity (Wildman–Crippen MR) is 96.7 cm³/mol. The number of nitrogens with zero attached hydrogens (tertiary/aromatic N) is 1. The quantitative estimate of drug-likeness (QED) is 0.651. The molecule has 116 valence electrons. The highest BCUT2D eigenvalue weighted by molar-refractivity contribution is 7.14. The Morgan fingerprint density at radius 1 is 1.09 bits per heavy atom. The summed E-state index contributed by atoms with van der Waals surface area (Å²) < 4.78 is 0. The van der Waals surface area contributed by atoms with Crippen molar-refractivity contribution in [2.24, 2.45) is 0 Å². The van der Waals surface area contributed by atoms with Crippen molar-refractivity contribution in [2.45, 2.75) is 6.92 Å². The average Bonchev–Trinajstić information content (AvgIpc) is 2.96. The molecule has 6 heteroatoms. The van der Waals surface area contributed by atoms with Crippen molar-refractivity contribution in [1.29, 1.82) is 0 Å². The van der Waals surface area contributed by atoms with E-state index in [0.717, 1.165) is 11.3 Å². The Hall–Kier alpha value is -1.88. The van der Waals surface area contributed by atoms with Crippen LogP contribution in [0.25, 0.3) is 11.3 Å². The zero-order chi connectivity index (χ0) is 16.4. The standard InChI is InChI=1S/C17H12Cl2N2OS/c1-10-5-7-11(8-6-10)14-9-23-17(20-14)21-16(22)15-12(18)3-2-4-13(15)19/h2-9H,1H3,(H,20,21,22). The number of amides is 1. The third-order valence-electron chi connectivity index (χ3n) is 3.26. The molecule has 2 aromatic carbocycles. The first-order chi connectivity index (χ1) is 11.0. The second-order valence-corrected chi connectivity index (χ2v) is 6.63. The Morgan fingerprint density at radius 2 is 1.74 bits per heavy atom. The maximum Gasteiger partial charge on any atom is 0.260 e. The highest BCUT2D eigenvalue weighted by Crippen LogP contribution is 2.28. The molecule has 1 amide bonds. The summed E-state index contributed by atoms with van der Waals surface area (Å²) in [6, 6.07) is 13.0. The van der Waals surface area contributed by atoms with E-state index in [0.29, 0.717) is 15.2 Å². The molecule has 0 fully saturated rings. The number of carbonyl (C=O) groups excluding carboxylic acids is 1. The number of benzene rings is 2. The first-order valence-corrected chi connectivity index (χ1v) is 8.46. The Labute approximate surface area is 147 Å². The van der Waals surface area contributed by atoms with Crippen LogP contribution in [0.3, 0.4) is 0 Å². The fourth-order valence-corrected chi connectivity index (χ4v) is 3.35. The van der Waals surface area contributed by atoms with Crippen LogP contribution in [0.4, 0.5) is 5.13 Å². The highest BCUT2D eigenvalue weighted by atomic mass is 35.5. The first kappa shape index (κ1) is 16.0. The van der Waals surface area contributed by atoms with Crippen LogP contribution in [0.2, 0.25) is 10.0 Å². The van der Waals surface area contributed by atoms with Crippen LogP contribution in [0.15, 0.2) is 47.8 Å². The van der Waals surface area contributed by atoms with E-state index in [1.807, 2.05) is 36.6 Å². The lowest BCUT2D eigenvalue weighted by Gasteiger charge is -2.05. The van der Waals surface area contributed by atoms with Gasteiger partial charge in [0.05, 0.1) is 21.3 Å². The Balaban J connectivity index is 1.82. The van der Waals surface area contributed by atoms with Gasteiger partial charge in [0.15, 0.2) is 5.13 Å². The molecule has 1 N–H and O–H groups in total. The normalized spacial score (nSPS) is 10.6. The zero-order valence-corrected chi connectivity index (χ0v) is 14.5. The van der Waals surface area contributed by atoms with Crippen molar-refractivity contribution in [3.63, 3.8) is 0 Å². The minimum atomic E-state index is -0.370. The van der Waals surface area contributed by atoms with Crippen LogP contribution in [0.1, 0.15) is 15.9 Å². The Bertz CT molecular complexity index is 839. The highest BCUT2D eigenvalue weighted by Gasteiger charge is 2.16. The molecule has 0 radical (unpaired) electrons. The second kappa shape index (κ2) is 6.71. The molecule has 1 heterocycles. The molecular formula is C17H12Cl2N2OS. The minimum absolute atomic E-state index is 0.253. The largest absolute Gasteiger partial charge is 0.298 e. The Morgan fingerprint density at radius 3 is 2.39 bits per heavy atom. The van der Waals surface area contributed by atoms with Gasteiger partial charge >= 0.3 is 0 Å². The number of halogens is 2. The summed E-state index contributed by atoms with van der Waals surface area (Å²) >= 11 is 13.4. The van der Waals surface area contributed by atoms with Crippen LogP contribution < -0.4 is 5.32 Å². The maximum absolute atomic E-state index is 12.3. The summed E-state index contributed by atoms with van der Waals surface area (Å²) in [5.41, 5.74) is 3.26. The van der Waals surface area contributed by atoms with E-state index in [-0.39, 0.29) is 11.5 Å². The van der Waals surface area contributed by atoms with Gasteiger partial charge in [0.1, 0.15) is 0 Å². The SMILES string of the molecule is Cc1ccc(-c2csc(NC(=O)c3c(Cl)cccc3Cl)n2)cc1. The number of hydrogen-bond acceptors (Lipinski definition) is 3. The molecule has 3 nitrogen and oxygen atoms in total.